The maximum atomic E-state index is 13.5. The predicted molar refractivity (Wildman–Crippen MR) is 138 cm³/mol. The molecule has 0 aliphatic rings. The van der Waals surface area contributed by atoms with Gasteiger partial charge < -0.3 is 14.4 Å². The van der Waals surface area contributed by atoms with Gasteiger partial charge in [0.1, 0.15) is 6.61 Å². The quantitative estimate of drug-likeness (QED) is 0.267. The molecule has 0 spiro atoms. The second kappa shape index (κ2) is 12.0. The van der Waals surface area contributed by atoms with E-state index < -0.39 is 0 Å². The Bertz CT molecular complexity index is 1250. The van der Waals surface area contributed by atoms with Crippen molar-refractivity contribution in [3.05, 3.63) is 125 Å². The van der Waals surface area contributed by atoms with Crippen molar-refractivity contribution in [1.82, 2.24) is 9.88 Å². The van der Waals surface area contributed by atoms with Crippen LogP contribution >= 0.6 is 11.6 Å². The summed E-state index contributed by atoms with van der Waals surface area (Å²) in [6.45, 7) is 1.30. The highest BCUT2D eigenvalue weighted by Crippen LogP contribution is 2.30. The van der Waals surface area contributed by atoms with E-state index in [-0.39, 0.29) is 5.91 Å². The number of aromatic nitrogens is 1. The van der Waals surface area contributed by atoms with Gasteiger partial charge in [0.2, 0.25) is 0 Å². The normalized spacial score (nSPS) is 10.6. The maximum absolute atomic E-state index is 13.5. The van der Waals surface area contributed by atoms with Gasteiger partial charge in [0.05, 0.1) is 17.7 Å². The first-order valence-electron chi connectivity index (χ1n) is 11.4. The van der Waals surface area contributed by atoms with E-state index >= 15 is 0 Å². The van der Waals surface area contributed by atoms with Crippen molar-refractivity contribution in [2.75, 3.05) is 13.7 Å². The fourth-order valence-electron chi connectivity index (χ4n) is 3.74. The van der Waals surface area contributed by atoms with E-state index in [9.17, 15) is 4.79 Å². The van der Waals surface area contributed by atoms with Crippen LogP contribution in [0.5, 0.6) is 11.5 Å². The molecule has 1 heterocycles. The molecule has 0 unspecified atom stereocenters. The molecule has 0 atom stereocenters. The van der Waals surface area contributed by atoms with Crippen LogP contribution in [0.3, 0.4) is 0 Å². The van der Waals surface area contributed by atoms with E-state index in [4.69, 9.17) is 21.1 Å². The molecule has 0 saturated heterocycles. The van der Waals surface area contributed by atoms with Gasteiger partial charge in [-0.05, 0) is 47.5 Å². The minimum Gasteiger partial charge on any atom is -0.493 e. The van der Waals surface area contributed by atoms with Crippen LogP contribution < -0.4 is 9.47 Å². The molecule has 0 N–H and O–H groups in total. The van der Waals surface area contributed by atoms with E-state index in [0.29, 0.717) is 48.2 Å². The van der Waals surface area contributed by atoms with Gasteiger partial charge in [0.25, 0.3) is 5.91 Å². The highest BCUT2D eigenvalue weighted by molar-refractivity contribution is 6.33. The second-order valence-corrected chi connectivity index (χ2v) is 8.44. The number of hydrogen-bond acceptors (Lipinski definition) is 4. The number of pyridine rings is 1. The summed E-state index contributed by atoms with van der Waals surface area (Å²) < 4.78 is 11.6. The topological polar surface area (TPSA) is 51.7 Å². The molecule has 5 nitrogen and oxygen atoms in total. The number of ether oxygens (including phenoxy) is 2. The molecule has 0 aliphatic heterocycles. The second-order valence-electron chi connectivity index (χ2n) is 8.04. The van der Waals surface area contributed by atoms with Gasteiger partial charge in [0.15, 0.2) is 11.5 Å². The van der Waals surface area contributed by atoms with Crippen LogP contribution in [-0.2, 0) is 19.6 Å². The highest BCUT2D eigenvalue weighted by atomic mass is 35.5. The van der Waals surface area contributed by atoms with Gasteiger partial charge in [-0.1, -0.05) is 66.2 Å². The van der Waals surface area contributed by atoms with Crippen LogP contribution in [0, 0.1) is 0 Å². The number of carbonyl (C=O) groups excluding carboxylic acids is 1. The molecule has 4 aromatic rings. The number of amides is 1. The SMILES string of the molecule is COc1ccc(CN(CCc2ccccn2)C(=O)c2ccccc2Cl)cc1OCc1ccccc1. The monoisotopic (exact) mass is 486 g/mol. The Labute approximate surface area is 210 Å². The summed E-state index contributed by atoms with van der Waals surface area (Å²) in [5, 5.41) is 0.432. The largest absolute Gasteiger partial charge is 0.493 e. The Kier molecular flexibility index (Phi) is 8.36. The van der Waals surface area contributed by atoms with Crippen LogP contribution in [0.1, 0.15) is 27.2 Å². The van der Waals surface area contributed by atoms with E-state index in [1.165, 1.54) is 0 Å². The molecule has 0 saturated carbocycles. The average molecular weight is 487 g/mol. The van der Waals surface area contributed by atoms with Gasteiger partial charge in [0, 0.05) is 31.4 Å². The lowest BCUT2D eigenvalue weighted by atomic mass is 10.1. The Hall–Kier alpha value is -3.83. The number of rotatable bonds is 10. The van der Waals surface area contributed by atoms with Gasteiger partial charge in [-0.2, -0.15) is 0 Å². The van der Waals surface area contributed by atoms with Crippen molar-refractivity contribution in [1.29, 1.82) is 0 Å². The minimum atomic E-state index is -0.130. The number of carbonyl (C=O) groups is 1. The molecular formula is C29H27ClN2O3. The smallest absolute Gasteiger partial charge is 0.255 e. The van der Waals surface area contributed by atoms with Crippen molar-refractivity contribution in [2.24, 2.45) is 0 Å². The Balaban J connectivity index is 1.56. The van der Waals surface area contributed by atoms with Crippen LogP contribution in [0.25, 0.3) is 0 Å². The Morgan fingerprint density at radius 2 is 1.66 bits per heavy atom. The summed E-state index contributed by atoms with van der Waals surface area (Å²) in [5.74, 6) is 1.14. The van der Waals surface area contributed by atoms with E-state index in [0.717, 1.165) is 16.8 Å². The Morgan fingerprint density at radius 1 is 0.886 bits per heavy atom. The summed E-state index contributed by atoms with van der Waals surface area (Å²) in [4.78, 5) is 19.7. The molecule has 0 bridgehead atoms. The zero-order valence-electron chi connectivity index (χ0n) is 19.6. The maximum Gasteiger partial charge on any atom is 0.255 e. The van der Waals surface area contributed by atoms with Crippen molar-refractivity contribution in [2.45, 2.75) is 19.6 Å². The van der Waals surface area contributed by atoms with Crippen LogP contribution in [0.4, 0.5) is 0 Å². The summed E-state index contributed by atoms with van der Waals surface area (Å²) in [6.07, 6.45) is 2.39. The van der Waals surface area contributed by atoms with Crippen molar-refractivity contribution >= 4 is 17.5 Å². The molecule has 178 valence electrons. The molecular weight excluding hydrogens is 460 g/mol. The standard InChI is InChI=1S/C29H27ClN2O3/c1-34-27-15-14-23(19-28(27)35-21-22-9-3-2-4-10-22)20-32(18-16-24-11-7-8-17-31-24)29(33)25-12-5-6-13-26(25)30/h2-15,17,19H,16,18,20-21H2,1H3. The third-order valence-corrected chi connectivity index (χ3v) is 5.92. The molecule has 1 amide bonds. The lowest BCUT2D eigenvalue weighted by Gasteiger charge is -2.24. The first-order valence-corrected chi connectivity index (χ1v) is 11.8. The average Bonchev–Trinajstić information content (AvgIpc) is 2.91. The number of benzene rings is 3. The first-order chi connectivity index (χ1) is 17.1. The van der Waals surface area contributed by atoms with E-state index in [1.807, 2.05) is 78.9 Å². The minimum absolute atomic E-state index is 0.130. The van der Waals surface area contributed by atoms with E-state index in [2.05, 4.69) is 4.98 Å². The van der Waals surface area contributed by atoms with Crippen LogP contribution in [0.15, 0.2) is 97.2 Å². The number of methoxy groups -OCH3 is 1. The summed E-state index contributed by atoms with van der Waals surface area (Å²) in [7, 11) is 1.62. The predicted octanol–water partition coefficient (Wildman–Crippen LogP) is 6.21. The summed E-state index contributed by atoms with van der Waals surface area (Å²) in [6, 6.07) is 28.6. The fourth-order valence-corrected chi connectivity index (χ4v) is 3.96. The van der Waals surface area contributed by atoms with Gasteiger partial charge in [-0.15, -0.1) is 0 Å². The number of hydrogen-bond donors (Lipinski definition) is 0. The van der Waals surface area contributed by atoms with Crippen molar-refractivity contribution in [3.63, 3.8) is 0 Å². The van der Waals surface area contributed by atoms with E-state index in [1.54, 1.807) is 30.3 Å². The summed E-state index contributed by atoms with van der Waals surface area (Å²) >= 11 is 6.35. The third-order valence-electron chi connectivity index (χ3n) is 5.59. The van der Waals surface area contributed by atoms with Crippen LogP contribution in [-0.4, -0.2) is 29.4 Å². The molecule has 0 aliphatic carbocycles. The fraction of sp³-hybridized carbons (Fsp3) is 0.172. The number of halogens is 1. The summed E-state index contributed by atoms with van der Waals surface area (Å²) in [5.41, 5.74) is 3.39. The molecule has 35 heavy (non-hydrogen) atoms. The van der Waals surface area contributed by atoms with Gasteiger partial charge in [-0.25, -0.2) is 0 Å². The lowest BCUT2D eigenvalue weighted by molar-refractivity contribution is 0.0744. The molecule has 0 radical (unpaired) electrons. The van der Waals surface area contributed by atoms with Crippen molar-refractivity contribution in [3.8, 4) is 11.5 Å². The zero-order chi connectivity index (χ0) is 24.5. The highest BCUT2D eigenvalue weighted by Gasteiger charge is 2.19. The third kappa shape index (κ3) is 6.61. The van der Waals surface area contributed by atoms with Gasteiger partial charge in [-0.3, -0.25) is 9.78 Å². The molecule has 4 rings (SSSR count). The van der Waals surface area contributed by atoms with Gasteiger partial charge >= 0.3 is 0 Å². The lowest BCUT2D eigenvalue weighted by Crippen LogP contribution is -2.32. The molecule has 1 aromatic heterocycles. The Morgan fingerprint density at radius 3 is 2.40 bits per heavy atom. The zero-order valence-corrected chi connectivity index (χ0v) is 20.3. The van der Waals surface area contributed by atoms with Crippen LogP contribution in [0.2, 0.25) is 5.02 Å². The molecule has 0 fully saturated rings. The molecule has 3 aromatic carbocycles. The number of nitrogens with zero attached hydrogens (tertiary/aromatic N) is 2. The first kappa shape index (κ1) is 24.3. The molecule has 6 heteroatoms. The van der Waals surface area contributed by atoms with Crippen molar-refractivity contribution < 1.29 is 14.3 Å².